The third-order valence-corrected chi connectivity index (χ3v) is 6.20. The molecule has 0 radical (unpaired) electrons. The predicted octanol–water partition coefficient (Wildman–Crippen LogP) is 4.72. The summed E-state index contributed by atoms with van der Waals surface area (Å²) < 4.78 is 8.11. The lowest BCUT2D eigenvalue weighted by atomic mass is 9.75. The second kappa shape index (κ2) is 8.88. The van der Waals surface area contributed by atoms with Gasteiger partial charge in [-0.25, -0.2) is 0 Å². The summed E-state index contributed by atoms with van der Waals surface area (Å²) in [5.41, 5.74) is 3.18. The van der Waals surface area contributed by atoms with Crippen LogP contribution in [0.3, 0.4) is 0 Å². The van der Waals surface area contributed by atoms with Gasteiger partial charge < -0.3 is 14.6 Å². The standard InChI is InChI=1S/C24H34N4O2/c1-15(2)30-14-18-12-19(13-18)24-27-26-22(28(24)20-6-7-20)9-10-23(29)25-21-8-5-16(3)11-17(21)4/h5,8,11,15,18-20H,6-7,9-10,12-14H2,1-4H3,(H,25,29). The number of amides is 1. The Morgan fingerprint density at radius 2 is 2.00 bits per heavy atom. The number of rotatable bonds is 9. The van der Waals surface area contributed by atoms with Gasteiger partial charge in [-0.3, -0.25) is 4.79 Å². The van der Waals surface area contributed by atoms with Gasteiger partial charge in [0.2, 0.25) is 5.91 Å². The number of carbonyl (C=O) groups is 1. The zero-order valence-electron chi connectivity index (χ0n) is 18.6. The van der Waals surface area contributed by atoms with E-state index in [1.807, 2.05) is 19.1 Å². The highest BCUT2D eigenvalue weighted by Gasteiger charge is 2.38. The van der Waals surface area contributed by atoms with Gasteiger partial charge in [0.1, 0.15) is 11.6 Å². The summed E-state index contributed by atoms with van der Waals surface area (Å²) in [6, 6.07) is 6.61. The zero-order valence-corrected chi connectivity index (χ0v) is 18.6. The first kappa shape index (κ1) is 21.0. The van der Waals surface area contributed by atoms with E-state index in [-0.39, 0.29) is 5.91 Å². The molecule has 1 N–H and O–H groups in total. The van der Waals surface area contributed by atoms with E-state index in [2.05, 4.69) is 46.9 Å². The molecule has 0 aliphatic heterocycles. The van der Waals surface area contributed by atoms with E-state index in [4.69, 9.17) is 4.74 Å². The molecule has 4 rings (SSSR count). The predicted molar refractivity (Wildman–Crippen MR) is 118 cm³/mol. The molecule has 1 amide bonds. The fraction of sp³-hybridized carbons (Fsp3) is 0.625. The normalized spacial score (nSPS) is 21.0. The van der Waals surface area contributed by atoms with Gasteiger partial charge in [-0.1, -0.05) is 17.7 Å². The lowest BCUT2D eigenvalue weighted by Gasteiger charge is -2.35. The van der Waals surface area contributed by atoms with Gasteiger partial charge in [0.25, 0.3) is 0 Å². The molecular weight excluding hydrogens is 376 g/mol. The average molecular weight is 411 g/mol. The summed E-state index contributed by atoms with van der Waals surface area (Å²) in [6.45, 7) is 9.10. The van der Waals surface area contributed by atoms with Crippen molar-refractivity contribution in [2.24, 2.45) is 5.92 Å². The van der Waals surface area contributed by atoms with Gasteiger partial charge in [-0.2, -0.15) is 0 Å². The number of hydrogen-bond acceptors (Lipinski definition) is 4. The van der Waals surface area contributed by atoms with Crippen LogP contribution in [-0.4, -0.2) is 33.4 Å². The van der Waals surface area contributed by atoms with Crippen LogP contribution in [-0.2, 0) is 16.0 Å². The van der Waals surface area contributed by atoms with Crippen LogP contribution in [0.15, 0.2) is 18.2 Å². The highest BCUT2D eigenvalue weighted by Crippen LogP contribution is 2.45. The molecule has 2 aromatic rings. The molecule has 0 saturated heterocycles. The summed E-state index contributed by atoms with van der Waals surface area (Å²) >= 11 is 0. The highest BCUT2D eigenvalue weighted by atomic mass is 16.5. The molecule has 1 aromatic carbocycles. The quantitative estimate of drug-likeness (QED) is 0.649. The molecule has 0 spiro atoms. The number of nitrogens with zero attached hydrogens (tertiary/aromatic N) is 3. The van der Waals surface area contributed by atoms with Crippen LogP contribution in [0.25, 0.3) is 0 Å². The minimum atomic E-state index is 0.0309. The topological polar surface area (TPSA) is 69.0 Å². The second-order valence-corrected chi connectivity index (χ2v) is 9.36. The summed E-state index contributed by atoms with van der Waals surface area (Å²) in [5, 5.41) is 12.1. The second-order valence-electron chi connectivity index (χ2n) is 9.36. The van der Waals surface area contributed by atoms with E-state index in [0.29, 0.717) is 36.8 Å². The van der Waals surface area contributed by atoms with E-state index in [1.54, 1.807) is 0 Å². The monoisotopic (exact) mass is 410 g/mol. The lowest BCUT2D eigenvalue weighted by Crippen LogP contribution is -2.29. The first-order valence-electron chi connectivity index (χ1n) is 11.3. The molecule has 1 aromatic heterocycles. The van der Waals surface area contributed by atoms with E-state index < -0.39 is 0 Å². The Hall–Kier alpha value is -2.21. The summed E-state index contributed by atoms with van der Waals surface area (Å²) in [5.74, 6) is 3.24. The summed E-state index contributed by atoms with van der Waals surface area (Å²) in [6.07, 6.45) is 6.00. The fourth-order valence-electron chi connectivity index (χ4n) is 4.32. The van der Waals surface area contributed by atoms with Crippen LogP contribution >= 0.6 is 0 Å². The number of aromatic nitrogens is 3. The molecule has 2 aliphatic carbocycles. The molecule has 2 aliphatic rings. The number of nitrogens with one attached hydrogen (secondary N) is 1. The lowest BCUT2D eigenvalue weighted by molar-refractivity contribution is -0.116. The summed E-state index contributed by atoms with van der Waals surface area (Å²) in [7, 11) is 0. The van der Waals surface area contributed by atoms with Gasteiger partial charge in [-0.05, 0) is 70.9 Å². The van der Waals surface area contributed by atoms with Gasteiger partial charge in [0, 0.05) is 37.1 Å². The smallest absolute Gasteiger partial charge is 0.224 e. The van der Waals surface area contributed by atoms with Crippen molar-refractivity contribution in [1.82, 2.24) is 14.8 Å². The van der Waals surface area contributed by atoms with E-state index in [0.717, 1.165) is 42.3 Å². The molecule has 30 heavy (non-hydrogen) atoms. The van der Waals surface area contributed by atoms with Crippen LogP contribution in [0, 0.1) is 19.8 Å². The maximum absolute atomic E-state index is 12.5. The van der Waals surface area contributed by atoms with Crippen LogP contribution in [0.4, 0.5) is 5.69 Å². The van der Waals surface area contributed by atoms with Crippen LogP contribution < -0.4 is 5.32 Å². The third kappa shape index (κ3) is 4.91. The SMILES string of the molecule is Cc1ccc(NC(=O)CCc2nnc(C3CC(COC(C)C)C3)n2C2CC2)c(C)c1. The molecule has 1 heterocycles. The Balaban J connectivity index is 1.34. The Bertz CT molecular complexity index is 895. The average Bonchev–Trinajstić information content (AvgIpc) is 3.41. The Labute approximate surface area is 179 Å². The number of ether oxygens (including phenoxy) is 1. The van der Waals surface area contributed by atoms with Crippen molar-refractivity contribution in [3.8, 4) is 0 Å². The summed E-state index contributed by atoms with van der Waals surface area (Å²) in [4.78, 5) is 12.5. The van der Waals surface area contributed by atoms with Crippen molar-refractivity contribution in [3.63, 3.8) is 0 Å². The Kier molecular flexibility index (Phi) is 6.23. The molecular formula is C24H34N4O2. The molecule has 2 saturated carbocycles. The zero-order chi connectivity index (χ0) is 21.3. The minimum Gasteiger partial charge on any atom is -0.379 e. The van der Waals surface area contributed by atoms with Gasteiger partial charge in [0.05, 0.1) is 6.10 Å². The van der Waals surface area contributed by atoms with Crippen LogP contribution in [0.5, 0.6) is 0 Å². The number of benzene rings is 1. The van der Waals surface area contributed by atoms with Crippen molar-refractivity contribution in [2.45, 2.75) is 84.3 Å². The van der Waals surface area contributed by atoms with E-state index in [9.17, 15) is 4.79 Å². The molecule has 6 nitrogen and oxygen atoms in total. The number of carbonyl (C=O) groups excluding carboxylic acids is 1. The fourth-order valence-corrected chi connectivity index (χ4v) is 4.32. The maximum Gasteiger partial charge on any atom is 0.224 e. The number of aryl methyl sites for hydroxylation is 3. The highest BCUT2D eigenvalue weighted by molar-refractivity contribution is 5.91. The minimum absolute atomic E-state index is 0.0309. The van der Waals surface area contributed by atoms with Gasteiger partial charge in [-0.15, -0.1) is 10.2 Å². The maximum atomic E-state index is 12.5. The van der Waals surface area contributed by atoms with E-state index in [1.165, 1.54) is 18.4 Å². The largest absolute Gasteiger partial charge is 0.379 e. The van der Waals surface area contributed by atoms with Crippen molar-refractivity contribution >= 4 is 11.6 Å². The van der Waals surface area contributed by atoms with Crippen LogP contribution in [0.2, 0.25) is 0 Å². The van der Waals surface area contributed by atoms with Gasteiger partial charge >= 0.3 is 0 Å². The Morgan fingerprint density at radius 1 is 1.23 bits per heavy atom. The van der Waals surface area contributed by atoms with Gasteiger partial charge in [0.15, 0.2) is 0 Å². The number of hydrogen-bond donors (Lipinski definition) is 1. The molecule has 2 fully saturated rings. The van der Waals surface area contributed by atoms with E-state index >= 15 is 0 Å². The third-order valence-electron chi connectivity index (χ3n) is 6.20. The molecule has 162 valence electrons. The van der Waals surface area contributed by atoms with Crippen molar-refractivity contribution in [2.75, 3.05) is 11.9 Å². The molecule has 0 atom stereocenters. The molecule has 0 bridgehead atoms. The van der Waals surface area contributed by atoms with Crippen molar-refractivity contribution in [1.29, 1.82) is 0 Å². The Morgan fingerprint density at radius 3 is 2.67 bits per heavy atom. The molecule has 0 unspecified atom stereocenters. The first-order valence-corrected chi connectivity index (χ1v) is 11.3. The van der Waals surface area contributed by atoms with Crippen LogP contribution in [0.1, 0.15) is 80.7 Å². The first-order chi connectivity index (χ1) is 14.4. The van der Waals surface area contributed by atoms with Crippen molar-refractivity contribution < 1.29 is 9.53 Å². The molecule has 6 heteroatoms. The van der Waals surface area contributed by atoms with Crippen molar-refractivity contribution in [3.05, 3.63) is 41.0 Å². The number of anilines is 1.